The number of hydrogen-bond donors (Lipinski definition) is 2. The zero-order valence-electron chi connectivity index (χ0n) is 10.4. The summed E-state index contributed by atoms with van der Waals surface area (Å²) >= 11 is 0. The summed E-state index contributed by atoms with van der Waals surface area (Å²) in [4.78, 5) is 15.5. The van der Waals surface area contributed by atoms with Crippen LogP contribution in [0.2, 0.25) is 0 Å². The van der Waals surface area contributed by atoms with Gasteiger partial charge in [-0.05, 0) is 19.8 Å². The monoisotopic (exact) mass is 254 g/mol. The van der Waals surface area contributed by atoms with E-state index in [2.05, 4.69) is 20.8 Å². The molecule has 1 aromatic heterocycles. The quantitative estimate of drug-likeness (QED) is 0.793. The van der Waals surface area contributed by atoms with E-state index in [1.54, 1.807) is 6.92 Å². The van der Waals surface area contributed by atoms with E-state index in [1.807, 2.05) is 0 Å². The maximum Gasteiger partial charge on any atom is 0.314 e. The third-order valence-electron chi connectivity index (χ3n) is 2.71. The van der Waals surface area contributed by atoms with Crippen LogP contribution in [-0.2, 0) is 11.2 Å². The van der Waals surface area contributed by atoms with Gasteiger partial charge in [-0.1, -0.05) is 5.16 Å². The number of amides is 2. The summed E-state index contributed by atoms with van der Waals surface area (Å²) in [7, 11) is 0. The Bertz CT molecular complexity index is 387. The highest BCUT2D eigenvalue weighted by Gasteiger charge is 2.15. The first kappa shape index (κ1) is 12.8. The van der Waals surface area contributed by atoms with Crippen LogP contribution in [0.5, 0.6) is 0 Å². The van der Waals surface area contributed by atoms with E-state index in [1.165, 1.54) is 0 Å². The van der Waals surface area contributed by atoms with Gasteiger partial charge in [-0.25, -0.2) is 4.79 Å². The molecule has 1 aliphatic rings. The molecule has 100 valence electrons. The molecule has 1 saturated heterocycles. The van der Waals surface area contributed by atoms with Crippen molar-refractivity contribution in [1.82, 2.24) is 20.8 Å². The fourth-order valence-corrected chi connectivity index (χ4v) is 1.80. The molecule has 1 unspecified atom stereocenters. The van der Waals surface area contributed by atoms with Crippen molar-refractivity contribution < 1.29 is 14.1 Å². The highest BCUT2D eigenvalue weighted by molar-refractivity contribution is 5.73. The molecular formula is C11H18N4O3. The Hall–Kier alpha value is -1.63. The van der Waals surface area contributed by atoms with Gasteiger partial charge in [-0.2, -0.15) is 4.98 Å². The first-order chi connectivity index (χ1) is 8.74. The second kappa shape index (κ2) is 6.34. The van der Waals surface area contributed by atoms with E-state index >= 15 is 0 Å². The summed E-state index contributed by atoms with van der Waals surface area (Å²) in [6, 6.07) is -0.193. The van der Waals surface area contributed by atoms with Crippen LogP contribution < -0.4 is 10.6 Å². The van der Waals surface area contributed by atoms with Gasteiger partial charge in [-0.15, -0.1) is 0 Å². The minimum absolute atomic E-state index is 0.161. The molecule has 18 heavy (non-hydrogen) atoms. The summed E-state index contributed by atoms with van der Waals surface area (Å²) in [6.07, 6.45) is 2.79. The van der Waals surface area contributed by atoms with Crippen molar-refractivity contribution in [3.05, 3.63) is 11.7 Å². The molecule has 2 N–H and O–H groups in total. The first-order valence-corrected chi connectivity index (χ1v) is 6.16. The number of rotatable bonds is 5. The van der Waals surface area contributed by atoms with Crippen molar-refractivity contribution in [1.29, 1.82) is 0 Å². The Labute approximate surface area is 105 Å². The van der Waals surface area contributed by atoms with Crippen molar-refractivity contribution >= 4 is 6.03 Å². The summed E-state index contributed by atoms with van der Waals surface area (Å²) < 4.78 is 10.3. The molecule has 2 heterocycles. The number of hydrogen-bond acceptors (Lipinski definition) is 5. The van der Waals surface area contributed by atoms with Crippen LogP contribution in [0.3, 0.4) is 0 Å². The van der Waals surface area contributed by atoms with E-state index in [-0.39, 0.29) is 12.1 Å². The Balaban J connectivity index is 1.57. The Morgan fingerprint density at radius 1 is 1.50 bits per heavy atom. The van der Waals surface area contributed by atoms with Gasteiger partial charge in [0.15, 0.2) is 5.82 Å². The Morgan fingerprint density at radius 2 is 2.39 bits per heavy atom. The number of nitrogens with one attached hydrogen (secondary N) is 2. The summed E-state index contributed by atoms with van der Waals surface area (Å²) in [5.41, 5.74) is 0. The number of aryl methyl sites for hydroxylation is 1. The third kappa shape index (κ3) is 3.99. The van der Waals surface area contributed by atoms with Crippen LogP contribution in [0.25, 0.3) is 0 Å². The van der Waals surface area contributed by atoms with Crippen molar-refractivity contribution in [2.24, 2.45) is 0 Å². The van der Waals surface area contributed by atoms with Crippen LogP contribution in [0, 0.1) is 6.92 Å². The first-order valence-electron chi connectivity index (χ1n) is 6.16. The SMILES string of the molecule is Cc1noc(CCNC(=O)NCC2CCCO2)n1. The fourth-order valence-electron chi connectivity index (χ4n) is 1.80. The van der Waals surface area contributed by atoms with Crippen molar-refractivity contribution in [3.8, 4) is 0 Å². The highest BCUT2D eigenvalue weighted by Crippen LogP contribution is 2.10. The second-order valence-corrected chi connectivity index (χ2v) is 4.26. The molecule has 0 bridgehead atoms. The van der Waals surface area contributed by atoms with Gasteiger partial charge >= 0.3 is 6.03 Å². The van der Waals surface area contributed by atoms with E-state index in [9.17, 15) is 4.79 Å². The maximum absolute atomic E-state index is 11.5. The highest BCUT2D eigenvalue weighted by atomic mass is 16.5. The molecule has 1 fully saturated rings. The number of carbonyl (C=O) groups is 1. The van der Waals surface area contributed by atoms with Gasteiger partial charge < -0.3 is 19.9 Å². The molecule has 7 nitrogen and oxygen atoms in total. The van der Waals surface area contributed by atoms with E-state index < -0.39 is 0 Å². The predicted octanol–water partition coefficient (Wildman–Crippen LogP) is 0.399. The molecule has 2 amide bonds. The average molecular weight is 254 g/mol. The van der Waals surface area contributed by atoms with Gasteiger partial charge in [0.1, 0.15) is 0 Å². The zero-order chi connectivity index (χ0) is 12.8. The molecular weight excluding hydrogens is 236 g/mol. The molecule has 1 atom stereocenters. The minimum atomic E-state index is -0.193. The fraction of sp³-hybridized carbons (Fsp3) is 0.727. The lowest BCUT2D eigenvalue weighted by Crippen LogP contribution is -2.40. The van der Waals surface area contributed by atoms with E-state index in [4.69, 9.17) is 9.26 Å². The standard InChI is InChI=1S/C11H18N4O3/c1-8-14-10(18-15-8)4-5-12-11(16)13-7-9-3-2-6-17-9/h9H,2-7H2,1H3,(H2,12,13,16). The summed E-state index contributed by atoms with van der Waals surface area (Å²) in [5, 5.41) is 9.18. The zero-order valence-corrected chi connectivity index (χ0v) is 10.4. The third-order valence-corrected chi connectivity index (χ3v) is 2.71. The molecule has 1 aliphatic heterocycles. The number of urea groups is 1. The van der Waals surface area contributed by atoms with Crippen LogP contribution in [0.15, 0.2) is 4.52 Å². The number of aromatic nitrogens is 2. The van der Waals surface area contributed by atoms with Crippen LogP contribution in [0.4, 0.5) is 4.79 Å². The van der Waals surface area contributed by atoms with Crippen molar-refractivity contribution in [3.63, 3.8) is 0 Å². The number of nitrogens with zero attached hydrogens (tertiary/aromatic N) is 2. The van der Waals surface area contributed by atoms with Crippen molar-refractivity contribution in [2.75, 3.05) is 19.7 Å². The topological polar surface area (TPSA) is 89.3 Å². The Kier molecular flexibility index (Phi) is 4.52. The van der Waals surface area contributed by atoms with E-state index in [0.717, 1.165) is 19.4 Å². The maximum atomic E-state index is 11.5. The predicted molar refractivity (Wildman–Crippen MR) is 63.1 cm³/mol. The smallest absolute Gasteiger partial charge is 0.314 e. The van der Waals surface area contributed by atoms with Gasteiger partial charge in [0.25, 0.3) is 0 Å². The van der Waals surface area contributed by atoms with Crippen LogP contribution in [-0.4, -0.2) is 42.0 Å². The molecule has 2 rings (SSSR count). The number of ether oxygens (including phenoxy) is 1. The van der Waals surface area contributed by atoms with Crippen LogP contribution >= 0.6 is 0 Å². The second-order valence-electron chi connectivity index (χ2n) is 4.26. The summed E-state index contributed by atoms with van der Waals surface area (Å²) in [6.45, 7) is 3.59. The minimum Gasteiger partial charge on any atom is -0.376 e. The molecule has 1 aromatic rings. The lowest BCUT2D eigenvalue weighted by atomic mass is 10.2. The van der Waals surface area contributed by atoms with Gasteiger partial charge in [0.2, 0.25) is 5.89 Å². The molecule has 0 aromatic carbocycles. The molecule has 0 radical (unpaired) electrons. The molecule has 0 aliphatic carbocycles. The summed E-state index contributed by atoms with van der Waals surface area (Å²) in [5.74, 6) is 1.14. The van der Waals surface area contributed by atoms with Crippen LogP contribution in [0.1, 0.15) is 24.6 Å². The van der Waals surface area contributed by atoms with Gasteiger partial charge in [0, 0.05) is 26.1 Å². The largest absolute Gasteiger partial charge is 0.376 e. The lowest BCUT2D eigenvalue weighted by Gasteiger charge is -2.11. The normalized spacial score (nSPS) is 18.8. The van der Waals surface area contributed by atoms with Gasteiger partial charge in [0.05, 0.1) is 6.10 Å². The molecule has 7 heteroatoms. The average Bonchev–Trinajstić information content (AvgIpc) is 2.98. The number of carbonyl (C=O) groups excluding carboxylic acids is 1. The van der Waals surface area contributed by atoms with E-state index in [0.29, 0.717) is 31.2 Å². The van der Waals surface area contributed by atoms with Gasteiger partial charge in [-0.3, -0.25) is 0 Å². The lowest BCUT2D eigenvalue weighted by molar-refractivity contribution is 0.111. The molecule has 0 spiro atoms. The molecule has 0 saturated carbocycles. The Morgan fingerprint density at radius 3 is 3.06 bits per heavy atom. The van der Waals surface area contributed by atoms with Crippen molar-refractivity contribution in [2.45, 2.75) is 32.3 Å².